The number of carbonyl (C=O) groups is 2. The molecule has 174 valence electrons. The zero-order valence-electron chi connectivity index (χ0n) is 18.3. The number of carbonyl (C=O) groups excluding carboxylic acids is 2. The highest BCUT2D eigenvalue weighted by Crippen LogP contribution is 2.34. The van der Waals surface area contributed by atoms with Crippen LogP contribution in [0.3, 0.4) is 0 Å². The van der Waals surface area contributed by atoms with Gasteiger partial charge in [-0.25, -0.2) is 4.68 Å². The molecule has 9 nitrogen and oxygen atoms in total. The van der Waals surface area contributed by atoms with Crippen molar-refractivity contribution in [3.05, 3.63) is 58.9 Å². The van der Waals surface area contributed by atoms with E-state index >= 15 is 0 Å². The van der Waals surface area contributed by atoms with E-state index in [0.717, 1.165) is 22.2 Å². The topological polar surface area (TPSA) is 102 Å². The van der Waals surface area contributed by atoms with Gasteiger partial charge < -0.3 is 15.0 Å². The smallest absolute Gasteiger partial charge is 0.434 e. The van der Waals surface area contributed by atoms with E-state index in [1.807, 2.05) is 19.9 Å². The molecule has 3 rings (SSSR count). The molecule has 0 aliphatic carbocycles. The normalized spacial score (nSPS) is 11.2. The van der Waals surface area contributed by atoms with Crippen molar-refractivity contribution in [3.8, 4) is 11.7 Å². The molecule has 0 aliphatic heterocycles. The lowest BCUT2D eigenvalue weighted by atomic mass is 10.1. The Morgan fingerprint density at radius 1 is 1.15 bits per heavy atom. The molecule has 1 N–H and O–H groups in total. The van der Waals surface area contributed by atoms with Crippen LogP contribution in [-0.2, 0) is 11.0 Å². The highest BCUT2D eigenvalue weighted by Gasteiger charge is 2.41. The molecular formula is C21H21F3N6O3. The largest absolute Gasteiger partial charge is 0.480 e. The second-order valence-corrected chi connectivity index (χ2v) is 7.21. The van der Waals surface area contributed by atoms with Crippen LogP contribution < -0.4 is 10.1 Å². The lowest BCUT2D eigenvalue weighted by Gasteiger charge is -2.18. The molecule has 0 unspecified atom stereocenters. The Balaban J connectivity index is 1.84. The number of amides is 2. The first-order chi connectivity index (χ1) is 15.5. The second kappa shape index (κ2) is 9.27. The fourth-order valence-corrected chi connectivity index (χ4v) is 3.06. The highest BCUT2D eigenvalue weighted by atomic mass is 19.4. The average molecular weight is 462 g/mol. The highest BCUT2D eigenvalue weighted by molar-refractivity contribution is 6.00. The minimum Gasteiger partial charge on any atom is -0.480 e. The molecule has 1 aromatic carbocycles. The number of aromatic nitrogens is 4. The first-order valence-corrected chi connectivity index (χ1v) is 9.67. The Morgan fingerprint density at radius 3 is 2.48 bits per heavy atom. The number of hydrogen-bond donors (Lipinski definition) is 1. The number of likely N-dealkylation sites (N-methyl/N-ethyl adjacent to an activating group) is 1. The van der Waals surface area contributed by atoms with Crippen molar-refractivity contribution in [1.29, 1.82) is 0 Å². The van der Waals surface area contributed by atoms with Gasteiger partial charge in [0.1, 0.15) is 0 Å². The third kappa shape index (κ3) is 5.10. The second-order valence-electron chi connectivity index (χ2n) is 7.21. The molecule has 0 saturated carbocycles. The van der Waals surface area contributed by atoms with Gasteiger partial charge in [-0.15, -0.1) is 10.2 Å². The summed E-state index contributed by atoms with van der Waals surface area (Å²) in [7, 11) is 2.57. The van der Waals surface area contributed by atoms with E-state index in [-0.39, 0.29) is 11.7 Å². The van der Waals surface area contributed by atoms with Crippen molar-refractivity contribution in [2.24, 2.45) is 0 Å². The average Bonchev–Trinajstić information content (AvgIpc) is 3.22. The van der Waals surface area contributed by atoms with E-state index in [1.165, 1.54) is 26.3 Å². The predicted molar refractivity (Wildman–Crippen MR) is 112 cm³/mol. The molecule has 0 fully saturated rings. The molecule has 2 aromatic heterocycles. The maximum Gasteiger partial charge on any atom is 0.434 e. The quantitative estimate of drug-likeness (QED) is 0.604. The van der Waals surface area contributed by atoms with E-state index in [4.69, 9.17) is 4.74 Å². The van der Waals surface area contributed by atoms with Gasteiger partial charge in [0, 0.05) is 18.8 Å². The molecular weight excluding hydrogens is 441 g/mol. The summed E-state index contributed by atoms with van der Waals surface area (Å²) in [5.74, 6) is -1.73. The van der Waals surface area contributed by atoms with Crippen molar-refractivity contribution in [2.75, 3.05) is 26.0 Å². The Labute approximate surface area is 187 Å². The molecule has 0 spiro atoms. The molecule has 0 atom stereocenters. The van der Waals surface area contributed by atoms with Gasteiger partial charge in [-0.3, -0.25) is 9.59 Å². The van der Waals surface area contributed by atoms with Crippen LogP contribution in [-0.4, -0.2) is 57.4 Å². The number of ether oxygens (including phenoxy) is 1. The summed E-state index contributed by atoms with van der Waals surface area (Å²) in [4.78, 5) is 26.1. The summed E-state index contributed by atoms with van der Waals surface area (Å²) < 4.78 is 46.9. The van der Waals surface area contributed by atoms with Gasteiger partial charge in [-0.05, 0) is 37.1 Å². The number of halogens is 3. The fraction of sp³-hybridized carbons (Fsp3) is 0.286. The van der Waals surface area contributed by atoms with Gasteiger partial charge in [0.2, 0.25) is 11.8 Å². The van der Waals surface area contributed by atoms with E-state index in [1.54, 1.807) is 12.1 Å². The molecule has 0 bridgehead atoms. The molecule has 2 heterocycles. The van der Waals surface area contributed by atoms with E-state index in [0.29, 0.717) is 10.4 Å². The third-order valence-electron chi connectivity index (χ3n) is 4.93. The van der Waals surface area contributed by atoms with Crippen LogP contribution in [0.2, 0.25) is 0 Å². The SMILES string of the molecule is COc1ccc(-n2ncc(C(=O)N(C)CC(=O)Nc3cccc(C)c3C)c2C(F)(F)F)nn1. The minimum atomic E-state index is -4.93. The van der Waals surface area contributed by atoms with Crippen LogP contribution in [0, 0.1) is 13.8 Å². The molecule has 3 aromatic rings. The molecule has 2 amide bonds. The lowest BCUT2D eigenvalue weighted by Crippen LogP contribution is -2.36. The van der Waals surface area contributed by atoms with Crippen LogP contribution in [0.4, 0.5) is 18.9 Å². The maximum absolute atomic E-state index is 13.8. The van der Waals surface area contributed by atoms with Crippen molar-refractivity contribution in [1.82, 2.24) is 24.9 Å². The Bertz CT molecular complexity index is 1170. The fourth-order valence-electron chi connectivity index (χ4n) is 3.06. The molecule has 0 radical (unpaired) electrons. The van der Waals surface area contributed by atoms with Gasteiger partial charge in [-0.2, -0.15) is 18.3 Å². The Kier molecular flexibility index (Phi) is 6.65. The Hall–Kier alpha value is -3.96. The molecule has 0 aliphatic rings. The number of nitrogens with one attached hydrogen (secondary N) is 1. The zero-order valence-corrected chi connectivity index (χ0v) is 18.3. The minimum absolute atomic E-state index is 0.102. The summed E-state index contributed by atoms with van der Waals surface area (Å²) in [5.41, 5.74) is 0.320. The van der Waals surface area contributed by atoms with Crippen molar-refractivity contribution < 1.29 is 27.5 Å². The standard InChI is InChI=1S/C21H21F3N6O3/c1-12-6-5-7-15(13(12)2)26-17(31)11-29(3)20(32)14-10-25-30(19(14)21(22,23)24)16-8-9-18(33-4)28-27-16/h5-10H,11H2,1-4H3,(H,26,31). The summed E-state index contributed by atoms with van der Waals surface area (Å²) in [5, 5.41) is 13.6. The van der Waals surface area contributed by atoms with Gasteiger partial charge in [0.05, 0.1) is 25.4 Å². The summed E-state index contributed by atoms with van der Waals surface area (Å²) in [6, 6.07) is 7.88. The van der Waals surface area contributed by atoms with Crippen LogP contribution in [0.15, 0.2) is 36.5 Å². The van der Waals surface area contributed by atoms with E-state index in [2.05, 4.69) is 20.6 Å². The number of anilines is 1. The van der Waals surface area contributed by atoms with Crippen molar-refractivity contribution in [3.63, 3.8) is 0 Å². The number of methoxy groups -OCH3 is 1. The van der Waals surface area contributed by atoms with E-state index < -0.39 is 35.8 Å². The predicted octanol–water partition coefficient (Wildman–Crippen LogP) is 3.02. The zero-order chi connectivity index (χ0) is 24.3. The number of aryl methyl sites for hydroxylation is 1. The number of benzene rings is 1. The number of rotatable bonds is 6. The van der Waals surface area contributed by atoms with E-state index in [9.17, 15) is 22.8 Å². The van der Waals surface area contributed by atoms with Crippen LogP contribution in [0.1, 0.15) is 27.2 Å². The van der Waals surface area contributed by atoms with Gasteiger partial charge in [-0.1, -0.05) is 12.1 Å². The first kappa shape index (κ1) is 23.7. The first-order valence-electron chi connectivity index (χ1n) is 9.67. The summed E-state index contributed by atoms with van der Waals surface area (Å²) in [6.07, 6.45) is -4.14. The summed E-state index contributed by atoms with van der Waals surface area (Å²) >= 11 is 0. The number of alkyl halides is 3. The third-order valence-corrected chi connectivity index (χ3v) is 4.93. The van der Waals surface area contributed by atoms with Crippen LogP contribution >= 0.6 is 0 Å². The van der Waals surface area contributed by atoms with Crippen molar-refractivity contribution in [2.45, 2.75) is 20.0 Å². The summed E-state index contributed by atoms with van der Waals surface area (Å²) in [6.45, 7) is 3.24. The van der Waals surface area contributed by atoms with Gasteiger partial charge in [0.15, 0.2) is 11.5 Å². The lowest BCUT2D eigenvalue weighted by molar-refractivity contribution is -0.143. The molecule has 33 heavy (non-hydrogen) atoms. The van der Waals surface area contributed by atoms with Crippen LogP contribution in [0.5, 0.6) is 5.88 Å². The molecule has 0 saturated heterocycles. The van der Waals surface area contributed by atoms with Crippen LogP contribution in [0.25, 0.3) is 5.82 Å². The number of nitrogens with zero attached hydrogens (tertiary/aromatic N) is 5. The van der Waals surface area contributed by atoms with Gasteiger partial charge in [0.25, 0.3) is 5.91 Å². The van der Waals surface area contributed by atoms with Crippen molar-refractivity contribution >= 4 is 17.5 Å². The molecule has 12 heteroatoms. The maximum atomic E-state index is 13.8. The number of hydrogen-bond acceptors (Lipinski definition) is 6. The Morgan fingerprint density at radius 2 is 1.88 bits per heavy atom. The monoisotopic (exact) mass is 462 g/mol. The van der Waals surface area contributed by atoms with Gasteiger partial charge >= 0.3 is 6.18 Å².